The van der Waals surface area contributed by atoms with E-state index in [-0.39, 0.29) is 5.41 Å². The number of aromatic nitrogens is 2. The Kier molecular flexibility index (Phi) is 2.67. The highest BCUT2D eigenvalue weighted by Gasteiger charge is 2.23. The lowest BCUT2D eigenvalue weighted by atomic mass is 9.93. The van der Waals surface area contributed by atoms with Crippen molar-refractivity contribution in [1.82, 2.24) is 9.38 Å². The van der Waals surface area contributed by atoms with E-state index < -0.39 is 0 Å². The van der Waals surface area contributed by atoms with Crippen molar-refractivity contribution in [3.63, 3.8) is 0 Å². The number of fused-ring (bicyclic) bond motifs is 1. The summed E-state index contributed by atoms with van der Waals surface area (Å²) in [5.41, 5.74) is 2.56. The van der Waals surface area contributed by atoms with Crippen LogP contribution < -0.4 is 0 Å². The Morgan fingerprint density at radius 2 is 2.13 bits per heavy atom. The highest BCUT2D eigenvalue weighted by molar-refractivity contribution is 9.10. The minimum absolute atomic E-state index is 0.0928. The van der Waals surface area contributed by atoms with Gasteiger partial charge in [-0.25, -0.2) is 4.98 Å². The molecule has 0 saturated carbocycles. The van der Waals surface area contributed by atoms with Gasteiger partial charge in [-0.1, -0.05) is 27.7 Å². The molecule has 2 rings (SSSR count). The number of hydrogen-bond donors (Lipinski definition) is 0. The number of nitrogens with zero attached hydrogens (tertiary/aromatic N) is 2. The minimum Gasteiger partial charge on any atom is -0.281 e. The number of aryl methyl sites for hydroxylation is 1. The maximum Gasteiger partial charge on any atom is 0.195 e. The molecule has 0 fully saturated rings. The molecule has 0 aromatic carbocycles. The first-order chi connectivity index (χ1) is 6.95. The van der Waals surface area contributed by atoms with Crippen molar-refractivity contribution in [3.8, 4) is 0 Å². The second-order valence-corrected chi connectivity index (χ2v) is 6.29. The van der Waals surface area contributed by atoms with E-state index >= 15 is 0 Å². The third-order valence-corrected chi connectivity index (χ3v) is 4.06. The molecule has 0 spiro atoms. The van der Waals surface area contributed by atoms with E-state index in [1.54, 1.807) is 11.3 Å². The van der Waals surface area contributed by atoms with Gasteiger partial charge in [0, 0.05) is 16.5 Å². The van der Waals surface area contributed by atoms with E-state index in [1.165, 1.54) is 5.69 Å². The fourth-order valence-electron chi connectivity index (χ4n) is 1.60. The quantitative estimate of drug-likeness (QED) is 0.774. The van der Waals surface area contributed by atoms with Crippen LogP contribution in [0.2, 0.25) is 0 Å². The number of thiazole rings is 1. The summed E-state index contributed by atoms with van der Waals surface area (Å²) < 4.78 is 3.33. The molecule has 0 atom stereocenters. The van der Waals surface area contributed by atoms with Gasteiger partial charge in [-0.2, -0.15) is 0 Å². The van der Waals surface area contributed by atoms with Crippen molar-refractivity contribution < 1.29 is 0 Å². The lowest BCUT2D eigenvalue weighted by Gasteiger charge is -2.15. The molecule has 0 N–H and O–H groups in total. The van der Waals surface area contributed by atoms with Crippen molar-refractivity contribution in [1.29, 1.82) is 0 Å². The van der Waals surface area contributed by atoms with Gasteiger partial charge in [-0.3, -0.25) is 4.40 Å². The monoisotopic (exact) mass is 286 g/mol. The number of imidazole rings is 1. The molecule has 82 valence electrons. The molecule has 2 aromatic rings. The van der Waals surface area contributed by atoms with Gasteiger partial charge in [0.05, 0.1) is 5.69 Å². The van der Waals surface area contributed by atoms with E-state index in [9.17, 15) is 0 Å². The summed E-state index contributed by atoms with van der Waals surface area (Å²) in [6.45, 7) is 8.74. The smallest absolute Gasteiger partial charge is 0.195 e. The Labute approximate surface area is 102 Å². The van der Waals surface area contributed by atoms with Crippen LogP contribution in [0, 0.1) is 0 Å². The van der Waals surface area contributed by atoms with Crippen molar-refractivity contribution in [2.45, 2.75) is 39.5 Å². The Morgan fingerprint density at radius 1 is 1.47 bits per heavy atom. The molecule has 2 heterocycles. The van der Waals surface area contributed by atoms with Crippen LogP contribution in [0.1, 0.15) is 39.1 Å². The van der Waals surface area contributed by atoms with Crippen molar-refractivity contribution in [3.05, 3.63) is 21.4 Å². The summed E-state index contributed by atoms with van der Waals surface area (Å²) in [4.78, 5) is 5.77. The summed E-state index contributed by atoms with van der Waals surface area (Å²) in [5.74, 6) is 0. The molecule has 0 amide bonds. The van der Waals surface area contributed by atoms with Crippen LogP contribution in [0.15, 0.2) is 9.98 Å². The van der Waals surface area contributed by atoms with Crippen LogP contribution in [0.5, 0.6) is 0 Å². The molecule has 2 nitrogen and oxygen atoms in total. The van der Waals surface area contributed by atoms with Crippen LogP contribution in [-0.4, -0.2) is 9.38 Å². The molecule has 4 heteroatoms. The first-order valence-electron chi connectivity index (χ1n) is 5.10. The van der Waals surface area contributed by atoms with Crippen LogP contribution in [0.3, 0.4) is 0 Å². The topological polar surface area (TPSA) is 17.3 Å². The molecule has 0 radical (unpaired) electrons. The zero-order valence-electron chi connectivity index (χ0n) is 9.47. The molecular weight excluding hydrogens is 272 g/mol. The largest absolute Gasteiger partial charge is 0.281 e. The molecule has 0 aliphatic rings. The van der Waals surface area contributed by atoms with Gasteiger partial charge in [0.25, 0.3) is 0 Å². The van der Waals surface area contributed by atoms with E-state index in [1.807, 2.05) is 0 Å². The summed E-state index contributed by atoms with van der Waals surface area (Å²) in [6.07, 6.45) is 1.04. The highest BCUT2D eigenvalue weighted by atomic mass is 79.9. The Hall–Kier alpha value is -0.350. The van der Waals surface area contributed by atoms with Gasteiger partial charge < -0.3 is 0 Å². The first kappa shape index (κ1) is 11.1. The van der Waals surface area contributed by atoms with Crippen LogP contribution in [-0.2, 0) is 11.8 Å². The highest BCUT2D eigenvalue weighted by Crippen LogP contribution is 2.32. The summed E-state index contributed by atoms with van der Waals surface area (Å²) in [7, 11) is 0. The molecule has 0 saturated heterocycles. The Bertz CT molecular complexity index is 490. The van der Waals surface area contributed by atoms with Crippen LogP contribution in [0.4, 0.5) is 0 Å². The Balaban J connectivity index is 2.71. The fraction of sp³-hybridized carbons (Fsp3) is 0.545. The predicted octanol–water partition coefficient (Wildman–Crippen LogP) is 4.02. The van der Waals surface area contributed by atoms with Gasteiger partial charge in [0.2, 0.25) is 0 Å². The third-order valence-electron chi connectivity index (χ3n) is 2.45. The predicted molar refractivity (Wildman–Crippen MR) is 68.8 cm³/mol. The maximum atomic E-state index is 4.69. The second-order valence-electron chi connectivity index (χ2n) is 4.70. The zero-order chi connectivity index (χ0) is 11.2. The molecular formula is C11H15BrN2S. The summed E-state index contributed by atoms with van der Waals surface area (Å²) in [6, 6.07) is 0. The molecule has 15 heavy (non-hydrogen) atoms. The second kappa shape index (κ2) is 3.59. The molecule has 0 aliphatic carbocycles. The van der Waals surface area contributed by atoms with Crippen molar-refractivity contribution >= 4 is 32.2 Å². The van der Waals surface area contributed by atoms with Gasteiger partial charge in [0.1, 0.15) is 4.60 Å². The molecule has 2 aromatic heterocycles. The van der Waals surface area contributed by atoms with E-state index in [2.05, 4.69) is 58.4 Å². The summed E-state index contributed by atoms with van der Waals surface area (Å²) >= 11 is 5.38. The first-order valence-corrected chi connectivity index (χ1v) is 6.77. The van der Waals surface area contributed by atoms with Gasteiger partial charge in [-0.15, -0.1) is 11.3 Å². The lowest BCUT2D eigenvalue weighted by molar-refractivity contribution is 0.569. The molecule has 0 aliphatic heterocycles. The van der Waals surface area contributed by atoms with E-state index in [4.69, 9.17) is 0 Å². The third kappa shape index (κ3) is 1.74. The number of halogens is 1. The minimum atomic E-state index is 0.0928. The standard InChI is InChI=1S/C11H15BrN2S/c1-5-7-6-15-10-13-8(11(2,3)4)9(12)14(7)10/h6H,5H2,1-4H3. The zero-order valence-corrected chi connectivity index (χ0v) is 11.9. The SMILES string of the molecule is CCc1csc2nc(C(C)(C)C)c(Br)n12. The van der Waals surface area contributed by atoms with Crippen LogP contribution >= 0.6 is 27.3 Å². The van der Waals surface area contributed by atoms with E-state index in [0.717, 1.165) is 21.7 Å². The molecule has 0 bridgehead atoms. The fourth-order valence-corrected chi connectivity index (χ4v) is 3.77. The summed E-state index contributed by atoms with van der Waals surface area (Å²) in [5, 5.41) is 2.18. The number of rotatable bonds is 1. The van der Waals surface area contributed by atoms with Gasteiger partial charge in [0.15, 0.2) is 4.96 Å². The average Bonchev–Trinajstić information content (AvgIpc) is 2.65. The van der Waals surface area contributed by atoms with Crippen molar-refractivity contribution in [2.24, 2.45) is 0 Å². The van der Waals surface area contributed by atoms with Gasteiger partial charge in [-0.05, 0) is 22.4 Å². The lowest BCUT2D eigenvalue weighted by Crippen LogP contribution is -2.12. The maximum absolute atomic E-state index is 4.69. The van der Waals surface area contributed by atoms with Crippen LogP contribution in [0.25, 0.3) is 4.96 Å². The van der Waals surface area contributed by atoms with Gasteiger partial charge >= 0.3 is 0 Å². The van der Waals surface area contributed by atoms with Crippen molar-refractivity contribution in [2.75, 3.05) is 0 Å². The molecule has 0 unspecified atom stereocenters. The Morgan fingerprint density at radius 3 is 2.67 bits per heavy atom. The van der Waals surface area contributed by atoms with E-state index in [0.29, 0.717) is 0 Å². The average molecular weight is 287 g/mol. The number of hydrogen-bond acceptors (Lipinski definition) is 2. The normalized spacial score (nSPS) is 12.6.